The van der Waals surface area contributed by atoms with Crippen LogP contribution in [0, 0.1) is 6.92 Å². The second-order valence-electron chi connectivity index (χ2n) is 8.10. The SMILES string of the molecule is Cc1cc(-c2nc(-c3ccc(CN(C)CC(=O)O)cc3)no2)ccc1-c1ccccc1C(F)F.Cl. The molecule has 0 unspecified atom stereocenters. The molecular weight excluding hydrogens is 476 g/mol. The van der Waals surface area contributed by atoms with E-state index in [0.717, 1.165) is 22.3 Å². The number of aryl methyl sites for hydroxylation is 1. The standard InChI is InChI=1S/C26H23F2N3O3.ClH/c1-16-13-19(11-12-20(16)21-5-3-4-6-22(21)24(27)28)26-29-25(30-34-26)18-9-7-17(8-10-18)14-31(2)15-23(32)33;/h3-13,24H,14-15H2,1-2H3,(H,32,33);1H. The third-order valence-corrected chi connectivity index (χ3v) is 5.46. The molecule has 0 bridgehead atoms. The molecule has 0 aliphatic rings. The molecular formula is C26H24ClF2N3O3. The third-order valence-electron chi connectivity index (χ3n) is 5.46. The highest BCUT2D eigenvalue weighted by Crippen LogP contribution is 2.34. The van der Waals surface area contributed by atoms with Crippen LogP contribution in [-0.2, 0) is 11.3 Å². The number of carboxylic acid groups (broad SMARTS) is 1. The van der Waals surface area contributed by atoms with E-state index in [1.807, 2.05) is 37.3 Å². The monoisotopic (exact) mass is 499 g/mol. The zero-order chi connectivity index (χ0) is 24.2. The van der Waals surface area contributed by atoms with Crippen LogP contribution in [0.4, 0.5) is 8.78 Å². The highest BCUT2D eigenvalue weighted by atomic mass is 35.5. The fourth-order valence-electron chi connectivity index (χ4n) is 3.85. The Labute approximate surface area is 207 Å². The van der Waals surface area contributed by atoms with Gasteiger partial charge in [-0.15, -0.1) is 12.4 Å². The number of nitrogens with zero attached hydrogens (tertiary/aromatic N) is 3. The van der Waals surface area contributed by atoms with Crippen molar-refractivity contribution in [1.82, 2.24) is 15.0 Å². The number of hydrogen-bond donors (Lipinski definition) is 1. The molecule has 0 spiro atoms. The molecule has 6 nitrogen and oxygen atoms in total. The molecule has 9 heteroatoms. The molecule has 0 fully saturated rings. The first-order valence-corrected chi connectivity index (χ1v) is 10.6. The van der Waals surface area contributed by atoms with Crippen molar-refractivity contribution >= 4 is 18.4 Å². The number of aliphatic carboxylic acids is 1. The lowest BCUT2D eigenvalue weighted by molar-refractivity contribution is -0.138. The Kier molecular flexibility index (Phi) is 8.32. The van der Waals surface area contributed by atoms with Crippen molar-refractivity contribution in [1.29, 1.82) is 0 Å². The normalized spacial score (nSPS) is 11.0. The fourth-order valence-corrected chi connectivity index (χ4v) is 3.85. The Morgan fingerprint density at radius 3 is 2.37 bits per heavy atom. The van der Waals surface area contributed by atoms with Crippen molar-refractivity contribution in [2.75, 3.05) is 13.6 Å². The first-order valence-electron chi connectivity index (χ1n) is 10.6. The number of rotatable bonds is 8. The van der Waals surface area contributed by atoms with E-state index < -0.39 is 12.4 Å². The molecule has 0 saturated carbocycles. The van der Waals surface area contributed by atoms with E-state index in [2.05, 4.69) is 10.1 Å². The van der Waals surface area contributed by atoms with Crippen LogP contribution in [0.25, 0.3) is 34.0 Å². The second-order valence-corrected chi connectivity index (χ2v) is 8.10. The van der Waals surface area contributed by atoms with Crippen LogP contribution in [-0.4, -0.2) is 39.7 Å². The summed E-state index contributed by atoms with van der Waals surface area (Å²) in [6, 6.07) is 19.4. The first kappa shape index (κ1) is 26.0. The van der Waals surface area contributed by atoms with Gasteiger partial charge in [0.2, 0.25) is 5.82 Å². The van der Waals surface area contributed by atoms with E-state index in [0.29, 0.717) is 29.4 Å². The van der Waals surface area contributed by atoms with E-state index in [1.165, 1.54) is 6.07 Å². The van der Waals surface area contributed by atoms with Gasteiger partial charge in [0.1, 0.15) is 0 Å². The number of hydrogen-bond acceptors (Lipinski definition) is 5. The summed E-state index contributed by atoms with van der Waals surface area (Å²) in [5.41, 5.74) is 4.47. The van der Waals surface area contributed by atoms with Crippen LogP contribution < -0.4 is 0 Å². The number of likely N-dealkylation sites (N-methyl/N-ethyl adjacent to an activating group) is 1. The minimum absolute atomic E-state index is 0. The zero-order valence-corrected chi connectivity index (χ0v) is 19.9. The van der Waals surface area contributed by atoms with Gasteiger partial charge in [0.25, 0.3) is 12.3 Å². The highest BCUT2D eigenvalue weighted by Gasteiger charge is 2.17. The van der Waals surface area contributed by atoms with Gasteiger partial charge in [0, 0.05) is 23.2 Å². The predicted octanol–water partition coefficient (Wildman–Crippen LogP) is 6.25. The molecule has 4 aromatic rings. The van der Waals surface area contributed by atoms with Crippen molar-refractivity contribution in [2.24, 2.45) is 0 Å². The Morgan fingerprint density at radius 1 is 1.03 bits per heavy atom. The summed E-state index contributed by atoms with van der Waals surface area (Å²) in [7, 11) is 1.74. The predicted molar refractivity (Wildman–Crippen MR) is 132 cm³/mol. The van der Waals surface area contributed by atoms with Gasteiger partial charge >= 0.3 is 5.97 Å². The van der Waals surface area contributed by atoms with E-state index in [9.17, 15) is 13.6 Å². The van der Waals surface area contributed by atoms with Crippen molar-refractivity contribution in [2.45, 2.75) is 19.9 Å². The minimum atomic E-state index is -2.56. The van der Waals surface area contributed by atoms with Gasteiger partial charge in [-0.2, -0.15) is 4.98 Å². The Morgan fingerprint density at radius 2 is 1.71 bits per heavy atom. The minimum Gasteiger partial charge on any atom is -0.480 e. The summed E-state index contributed by atoms with van der Waals surface area (Å²) in [6.07, 6.45) is -2.56. The number of aromatic nitrogens is 2. The smallest absolute Gasteiger partial charge is 0.317 e. The lowest BCUT2D eigenvalue weighted by atomic mass is 9.94. The molecule has 35 heavy (non-hydrogen) atoms. The molecule has 4 rings (SSSR count). The first-order chi connectivity index (χ1) is 16.3. The van der Waals surface area contributed by atoms with Crippen molar-refractivity contribution in [3.63, 3.8) is 0 Å². The Bertz CT molecular complexity index is 1310. The quantitative estimate of drug-likeness (QED) is 0.308. The summed E-state index contributed by atoms with van der Waals surface area (Å²) in [5.74, 6) is -0.123. The third kappa shape index (κ3) is 6.09. The Balaban J connectivity index is 0.00000342. The lowest BCUT2D eigenvalue weighted by Crippen LogP contribution is -2.25. The molecule has 0 saturated heterocycles. The second kappa shape index (κ2) is 11.2. The van der Waals surface area contributed by atoms with Gasteiger partial charge in [0.15, 0.2) is 0 Å². The number of alkyl halides is 2. The van der Waals surface area contributed by atoms with Crippen LogP contribution >= 0.6 is 12.4 Å². The van der Waals surface area contributed by atoms with Crippen molar-refractivity contribution in [3.8, 4) is 34.0 Å². The van der Waals surface area contributed by atoms with Gasteiger partial charge < -0.3 is 9.63 Å². The summed E-state index contributed by atoms with van der Waals surface area (Å²) >= 11 is 0. The van der Waals surface area contributed by atoms with Gasteiger partial charge in [-0.3, -0.25) is 9.69 Å². The molecule has 0 radical (unpaired) electrons. The highest BCUT2D eigenvalue weighted by molar-refractivity contribution is 5.85. The van der Waals surface area contributed by atoms with E-state index in [1.54, 1.807) is 42.3 Å². The molecule has 0 atom stereocenters. The van der Waals surface area contributed by atoms with Gasteiger partial charge in [-0.05, 0) is 48.4 Å². The van der Waals surface area contributed by atoms with Crippen LogP contribution in [0.5, 0.6) is 0 Å². The fraction of sp³-hybridized carbons (Fsp3) is 0.192. The number of carboxylic acids is 1. The molecule has 0 amide bonds. The topological polar surface area (TPSA) is 79.5 Å². The van der Waals surface area contributed by atoms with Crippen LogP contribution in [0.2, 0.25) is 0 Å². The number of halogens is 3. The molecule has 1 N–H and O–H groups in total. The van der Waals surface area contributed by atoms with Gasteiger partial charge in [0.05, 0.1) is 6.54 Å². The molecule has 0 aliphatic carbocycles. The van der Waals surface area contributed by atoms with Crippen LogP contribution in [0.15, 0.2) is 71.3 Å². The largest absolute Gasteiger partial charge is 0.480 e. The van der Waals surface area contributed by atoms with E-state index >= 15 is 0 Å². The number of carbonyl (C=O) groups is 1. The lowest BCUT2D eigenvalue weighted by Gasteiger charge is -2.13. The van der Waals surface area contributed by atoms with Gasteiger partial charge in [-0.25, -0.2) is 8.78 Å². The van der Waals surface area contributed by atoms with E-state index in [4.69, 9.17) is 9.63 Å². The number of benzene rings is 3. The zero-order valence-electron chi connectivity index (χ0n) is 19.1. The molecule has 1 heterocycles. The van der Waals surface area contributed by atoms with E-state index in [-0.39, 0.29) is 24.5 Å². The van der Waals surface area contributed by atoms with Crippen LogP contribution in [0.3, 0.4) is 0 Å². The maximum absolute atomic E-state index is 13.4. The molecule has 1 aromatic heterocycles. The van der Waals surface area contributed by atoms with Gasteiger partial charge in [-0.1, -0.05) is 59.8 Å². The summed E-state index contributed by atoms with van der Waals surface area (Å²) in [6.45, 7) is 2.32. The van der Waals surface area contributed by atoms with Crippen molar-refractivity contribution in [3.05, 3.63) is 83.4 Å². The molecule has 182 valence electrons. The Hall–Kier alpha value is -3.62. The maximum Gasteiger partial charge on any atom is 0.317 e. The summed E-state index contributed by atoms with van der Waals surface area (Å²) < 4.78 is 32.3. The average molecular weight is 500 g/mol. The maximum atomic E-state index is 13.4. The summed E-state index contributed by atoms with van der Waals surface area (Å²) in [4.78, 5) is 17.0. The molecule has 3 aromatic carbocycles. The summed E-state index contributed by atoms with van der Waals surface area (Å²) in [5, 5.41) is 12.9. The average Bonchev–Trinajstić information content (AvgIpc) is 3.29. The van der Waals surface area contributed by atoms with Crippen molar-refractivity contribution < 1.29 is 23.2 Å². The van der Waals surface area contributed by atoms with Crippen LogP contribution in [0.1, 0.15) is 23.1 Å². The molecule has 0 aliphatic heterocycles.